The van der Waals surface area contributed by atoms with Crippen molar-refractivity contribution in [3.63, 3.8) is 0 Å². The van der Waals surface area contributed by atoms with Gasteiger partial charge >= 0.3 is 5.91 Å². The van der Waals surface area contributed by atoms with E-state index in [1.165, 1.54) is 0 Å². The van der Waals surface area contributed by atoms with Crippen LogP contribution in [0.25, 0.3) is 0 Å². The first-order valence-corrected chi connectivity index (χ1v) is 5.46. The van der Waals surface area contributed by atoms with E-state index in [1.807, 2.05) is 0 Å². The number of aliphatic imine (C=N–C) groups is 1. The van der Waals surface area contributed by atoms with Gasteiger partial charge in [-0.1, -0.05) is 0 Å². The summed E-state index contributed by atoms with van der Waals surface area (Å²) >= 11 is 1.62. The van der Waals surface area contributed by atoms with Crippen molar-refractivity contribution >= 4 is 29.8 Å². The summed E-state index contributed by atoms with van der Waals surface area (Å²) in [5, 5.41) is 10.2. The highest BCUT2D eigenvalue weighted by molar-refractivity contribution is 8.00. The molecular weight excluding hydrogens is 204 g/mol. The van der Waals surface area contributed by atoms with E-state index in [4.69, 9.17) is 0 Å². The van der Waals surface area contributed by atoms with Gasteiger partial charge in [-0.2, -0.15) is 16.8 Å². The summed E-state index contributed by atoms with van der Waals surface area (Å²) in [6, 6.07) is -0.729. The van der Waals surface area contributed by atoms with Crippen molar-refractivity contribution in [2.45, 2.75) is 24.1 Å². The molecule has 1 amide bonds. The number of carbonyl (C=O) groups is 2. The minimum Gasteiger partial charge on any atom is -0.287 e. The molecule has 2 unspecified atom stereocenters. The molecule has 14 heavy (non-hydrogen) atoms. The summed E-state index contributed by atoms with van der Waals surface area (Å²) in [5.41, 5.74) is 0. The first kappa shape index (κ1) is 9.67. The highest BCUT2D eigenvalue weighted by Crippen LogP contribution is 2.31. The Morgan fingerprint density at radius 2 is 2.36 bits per heavy atom. The Kier molecular flexibility index (Phi) is 2.56. The summed E-state index contributed by atoms with van der Waals surface area (Å²) in [4.78, 5) is 25.7. The van der Waals surface area contributed by atoms with Gasteiger partial charge in [0.15, 0.2) is 0 Å². The number of rotatable bonds is 1. The molecule has 2 aliphatic heterocycles. The molecule has 1 saturated heterocycles. The first-order valence-electron chi connectivity index (χ1n) is 4.41. The molecule has 0 aromatic heterocycles. The zero-order valence-electron chi connectivity index (χ0n) is 7.42. The molecular formula is C8H10N2O3S. The van der Waals surface area contributed by atoms with Crippen LogP contribution in [0.15, 0.2) is 4.99 Å². The van der Waals surface area contributed by atoms with Crippen molar-refractivity contribution in [1.29, 1.82) is 0 Å². The predicted molar refractivity (Wildman–Crippen MR) is 51.4 cm³/mol. The fourth-order valence-electron chi connectivity index (χ4n) is 1.68. The number of hydroxylamine groups is 2. The third kappa shape index (κ3) is 1.55. The fraction of sp³-hybridized carbons (Fsp3) is 0.625. The van der Waals surface area contributed by atoms with Crippen LogP contribution in [-0.2, 0) is 9.59 Å². The largest absolute Gasteiger partial charge is 0.316 e. The third-order valence-electron chi connectivity index (χ3n) is 2.37. The molecule has 2 heterocycles. The van der Waals surface area contributed by atoms with Crippen LogP contribution < -0.4 is 0 Å². The normalized spacial score (nSPS) is 32.8. The molecule has 0 aromatic rings. The molecule has 76 valence electrons. The van der Waals surface area contributed by atoms with Gasteiger partial charge in [0.2, 0.25) is 5.78 Å². The molecule has 2 rings (SSSR count). The molecule has 5 nitrogen and oxygen atoms in total. The Morgan fingerprint density at radius 1 is 1.57 bits per heavy atom. The van der Waals surface area contributed by atoms with E-state index in [0.717, 1.165) is 30.0 Å². The van der Waals surface area contributed by atoms with E-state index in [-0.39, 0.29) is 5.25 Å². The zero-order valence-corrected chi connectivity index (χ0v) is 8.24. The van der Waals surface area contributed by atoms with Crippen LogP contribution in [0, 0.1) is 0 Å². The molecule has 0 saturated carbocycles. The van der Waals surface area contributed by atoms with Crippen LogP contribution in [0.2, 0.25) is 0 Å². The summed E-state index contributed by atoms with van der Waals surface area (Å²) in [7, 11) is 0. The monoisotopic (exact) mass is 214 g/mol. The molecule has 2 aliphatic rings. The van der Waals surface area contributed by atoms with Gasteiger partial charge < -0.3 is 0 Å². The lowest BCUT2D eigenvalue weighted by Gasteiger charge is -2.28. The van der Waals surface area contributed by atoms with E-state index in [1.54, 1.807) is 11.8 Å². The van der Waals surface area contributed by atoms with E-state index < -0.39 is 17.7 Å². The van der Waals surface area contributed by atoms with E-state index in [0.29, 0.717) is 0 Å². The van der Waals surface area contributed by atoms with Gasteiger partial charge in [-0.25, -0.2) is 5.06 Å². The Hall–Kier alpha value is -0.880. The highest BCUT2D eigenvalue weighted by atomic mass is 32.2. The number of carbonyl (C=O) groups excluding carboxylic acids is 2. The quantitative estimate of drug-likeness (QED) is 0.626. The fourth-order valence-corrected chi connectivity index (χ4v) is 3.08. The van der Waals surface area contributed by atoms with Crippen molar-refractivity contribution in [1.82, 2.24) is 5.06 Å². The van der Waals surface area contributed by atoms with Crippen LogP contribution in [0.5, 0.6) is 0 Å². The predicted octanol–water partition coefficient (Wildman–Crippen LogP) is 0.0794. The molecule has 0 aromatic carbocycles. The molecule has 0 aliphatic carbocycles. The average molecular weight is 214 g/mol. The SMILES string of the molecule is O=C1N=CN(O)C(C2CCCS2)C1=O. The van der Waals surface area contributed by atoms with Gasteiger partial charge in [0.25, 0.3) is 0 Å². The summed E-state index contributed by atoms with van der Waals surface area (Å²) < 4.78 is 0. The van der Waals surface area contributed by atoms with Gasteiger partial charge in [0.05, 0.1) is 0 Å². The molecule has 6 heteroatoms. The van der Waals surface area contributed by atoms with Crippen molar-refractivity contribution in [3.8, 4) is 0 Å². The Labute approximate surface area is 85.1 Å². The Morgan fingerprint density at radius 3 is 3.00 bits per heavy atom. The standard InChI is InChI=1S/C8H10N2O3S/c11-7-6(5-2-1-3-14-5)10(13)4-9-8(7)12/h4-6,13H,1-3H2. The van der Waals surface area contributed by atoms with Crippen LogP contribution >= 0.6 is 11.8 Å². The number of nitrogens with zero attached hydrogens (tertiary/aromatic N) is 2. The van der Waals surface area contributed by atoms with Crippen molar-refractivity contribution < 1.29 is 14.8 Å². The number of Topliss-reactive ketones (excluding diaryl/α,β-unsaturated/α-hetero) is 1. The first-order chi connectivity index (χ1) is 6.70. The lowest BCUT2D eigenvalue weighted by atomic mass is 10.0. The maximum Gasteiger partial charge on any atom is 0.316 e. The number of ketones is 1. The number of hydrogen-bond donors (Lipinski definition) is 1. The summed E-state index contributed by atoms with van der Waals surface area (Å²) in [5.74, 6) is -0.379. The molecule has 0 bridgehead atoms. The van der Waals surface area contributed by atoms with Gasteiger partial charge in [-0.3, -0.25) is 14.8 Å². The lowest BCUT2D eigenvalue weighted by molar-refractivity contribution is -0.147. The second-order valence-corrected chi connectivity index (χ2v) is 4.64. The smallest absolute Gasteiger partial charge is 0.287 e. The number of amides is 1. The van der Waals surface area contributed by atoms with E-state index >= 15 is 0 Å². The molecule has 1 N–H and O–H groups in total. The minimum atomic E-state index is -0.757. The van der Waals surface area contributed by atoms with Crippen molar-refractivity contribution in [2.24, 2.45) is 4.99 Å². The summed E-state index contributed by atoms with van der Waals surface area (Å²) in [6.07, 6.45) is 2.91. The molecule has 0 spiro atoms. The van der Waals surface area contributed by atoms with Gasteiger partial charge in [0.1, 0.15) is 12.4 Å². The van der Waals surface area contributed by atoms with Crippen LogP contribution in [-0.4, -0.2) is 45.3 Å². The molecule has 2 atom stereocenters. The molecule has 0 radical (unpaired) electrons. The third-order valence-corrected chi connectivity index (χ3v) is 3.82. The average Bonchev–Trinajstić information content (AvgIpc) is 2.65. The Balaban J connectivity index is 2.19. The van der Waals surface area contributed by atoms with Gasteiger partial charge in [-0.05, 0) is 18.6 Å². The van der Waals surface area contributed by atoms with Crippen LogP contribution in [0.1, 0.15) is 12.8 Å². The summed E-state index contributed by atoms with van der Waals surface area (Å²) in [6.45, 7) is 0. The number of hydrogen-bond acceptors (Lipinski definition) is 5. The minimum absolute atomic E-state index is 0.0169. The zero-order chi connectivity index (χ0) is 10.1. The maximum absolute atomic E-state index is 11.4. The van der Waals surface area contributed by atoms with Crippen molar-refractivity contribution in [2.75, 3.05) is 5.75 Å². The molecule has 1 fully saturated rings. The maximum atomic E-state index is 11.4. The topological polar surface area (TPSA) is 70.0 Å². The van der Waals surface area contributed by atoms with Gasteiger partial charge in [0, 0.05) is 5.25 Å². The number of thioether (sulfide) groups is 1. The van der Waals surface area contributed by atoms with E-state index in [2.05, 4.69) is 4.99 Å². The second kappa shape index (κ2) is 3.70. The van der Waals surface area contributed by atoms with Crippen LogP contribution in [0.3, 0.4) is 0 Å². The van der Waals surface area contributed by atoms with Crippen molar-refractivity contribution in [3.05, 3.63) is 0 Å². The second-order valence-electron chi connectivity index (χ2n) is 3.29. The lowest BCUT2D eigenvalue weighted by Crippen LogP contribution is -2.50. The van der Waals surface area contributed by atoms with Crippen LogP contribution in [0.4, 0.5) is 0 Å². The Bertz CT molecular complexity index is 299. The van der Waals surface area contributed by atoms with Gasteiger partial charge in [-0.15, -0.1) is 0 Å². The highest BCUT2D eigenvalue weighted by Gasteiger charge is 2.40. The van der Waals surface area contributed by atoms with E-state index in [9.17, 15) is 14.8 Å².